The van der Waals surface area contributed by atoms with Gasteiger partial charge in [-0.05, 0) is 23.6 Å². The van der Waals surface area contributed by atoms with Crippen molar-refractivity contribution in [1.82, 2.24) is 4.90 Å². The molecule has 0 heterocycles. The quantitative estimate of drug-likeness (QED) is 0.855. The minimum Gasteiger partial charge on any atom is -0.497 e. The lowest BCUT2D eigenvalue weighted by molar-refractivity contribution is -0.132. The predicted molar refractivity (Wildman–Crippen MR) is 76.9 cm³/mol. The van der Waals surface area contributed by atoms with Crippen molar-refractivity contribution in [2.45, 2.75) is 32.9 Å². The summed E-state index contributed by atoms with van der Waals surface area (Å²) in [6.07, 6.45) is 0.903. The van der Waals surface area contributed by atoms with E-state index in [4.69, 9.17) is 10.5 Å². The summed E-state index contributed by atoms with van der Waals surface area (Å²) in [4.78, 5) is 13.8. The molecule has 1 amide bonds. The van der Waals surface area contributed by atoms with Crippen LogP contribution < -0.4 is 10.5 Å². The van der Waals surface area contributed by atoms with Crippen LogP contribution in [0.3, 0.4) is 0 Å². The minimum atomic E-state index is -0.430. The van der Waals surface area contributed by atoms with Crippen LogP contribution in [0.1, 0.15) is 25.8 Å². The van der Waals surface area contributed by atoms with E-state index in [9.17, 15) is 4.79 Å². The van der Waals surface area contributed by atoms with Gasteiger partial charge in [-0.1, -0.05) is 32.4 Å². The van der Waals surface area contributed by atoms with E-state index in [-0.39, 0.29) is 11.8 Å². The van der Waals surface area contributed by atoms with E-state index in [1.807, 2.05) is 38.1 Å². The first kappa shape index (κ1) is 15.5. The monoisotopic (exact) mass is 264 g/mol. The van der Waals surface area contributed by atoms with Gasteiger partial charge in [0.05, 0.1) is 13.2 Å². The van der Waals surface area contributed by atoms with Gasteiger partial charge in [0, 0.05) is 13.6 Å². The molecule has 0 saturated heterocycles. The zero-order chi connectivity index (χ0) is 14.4. The normalized spacial score (nSPS) is 13.7. The Balaban J connectivity index is 2.68. The molecule has 0 aliphatic heterocycles. The first-order valence-electron chi connectivity index (χ1n) is 6.63. The van der Waals surface area contributed by atoms with Crippen molar-refractivity contribution in [2.24, 2.45) is 11.7 Å². The third-order valence-electron chi connectivity index (χ3n) is 3.47. The van der Waals surface area contributed by atoms with Gasteiger partial charge >= 0.3 is 0 Å². The molecular formula is C15H24N2O2. The fourth-order valence-corrected chi connectivity index (χ4v) is 1.87. The van der Waals surface area contributed by atoms with E-state index in [1.165, 1.54) is 0 Å². The predicted octanol–water partition coefficient (Wildman–Crippen LogP) is 2.03. The van der Waals surface area contributed by atoms with Gasteiger partial charge in [0.15, 0.2) is 0 Å². The average molecular weight is 264 g/mol. The summed E-state index contributed by atoms with van der Waals surface area (Å²) in [6, 6.07) is 7.28. The minimum absolute atomic E-state index is 0.0165. The Morgan fingerprint density at radius 1 is 1.47 bits per heavy atom. The Bertz CT molecular complexity index is 420. The number of rotatable bonds is 6. The summed E-state index contributed by atoms with van der Waals surface area (Å²) in [5, 5.41) is 0. The molecule has 0 spiro atoms. The second-order valence-corrected chi connectivity index (χ2v) is 4.96. The standard InChI is InChI=1S/C15H24N2O2/c1-5-11(2)14(16)15(18)17(3)10-12-7-6-8-13(9-12)19-4/h6-9,11,14H,5,10,16H2,1-4H3. The molecule has 1 aromatic rings. The Morgan fingerprint density at radius 2 is 2.16 bits per heavy atom. The van der Waals surface area contributed by atoms with Crippen LogP contribution in [0.5, 0.6) is 5.75 Å². The fraction of sp³-hybridized carbons (Fsp3) is 0.533. The molecule has 2 unspecified atom stereocenters. The second kappa shape index (κ2) is 7.14. The average Bonchev–Trinajstić information content (AvgIpc) is 2.44. The van der Waals surface area contributed by atoms with Gasteiger partial charge < -0.3 is 15.4 Å². The van der Waals surface area contributed by atoms with E-state index in [1.54, 1.807) is 19.1 Å². The summed E-state index contributed by atoms with van der Waals surface area (Å²) < 4.78 is 5.17. The highest BCUT2D eigenvalue weighted by atomic mass is 16.5. The van der Waals surface area contributed by atoms with Crippen LogP contribution in [0.15, 0.2) is 24.3 Å². The third kappa shape index (κ3) is 4.24. The Kier molecular flexibility index (Phi) is 5.83. The van der Waals surface area contributed by atoms with Gasteiger partial charge in [0.2, 0.25) is 5.91 Å². The van der Waals surface area contributed by atoms with Crippen LogP contribution in [0.2, 0.25) is 0 Å². The number of methoxy groups -OCH3 is 1. The molecule has 19 heavy (non-hydrogen) atoms. The summed E-state index contributed by atoms with van der Waals surface area (Å²) in [5.41, 5.74) is 7.00. The molecule has 0 aliphatic carbocycles. The van der Waals surface area contributed by atoms with E-state index in [0.29, 0.717) is 6.54 Å². The Hall–Kier alpha value is -1.55. The topological polar surface area (TPSA) is 55.6 Å². The number of amides is 1. The molecule has 106 valence electrons. The summed E-state index contributed by atoms with van der Waals surface area (Å²) >= 11 is 0. The number of likely N-dealkylation sites (N-methyl/N-ethyl adjacent to an activating group) is 1. The molecule has 0 radical (unpaired) electrons. The van der Waals surface area contributed by atoms with E-state index in [0.717, 1.165) is 17.7 Å². The second-order valence-electron chi connectivity index (χ2n) is 4.96. The highest BCUT2D eigenvalue weighted by molar-refractivity contribution is 5.81. The van der Waals surface area contributed by atoms with Gasteiger partial charge in [0.25, 0.3) is 0 Å². The van der Waals surface area contributed by atoms with Gasteiger partial charge in [-0.25, -0.2) is 0 Å². The molecule has 0 aromatic heterocycles. The maximum Gasteiger partial charge on any atom is 0.239 e. The molecule has 4 nitrogen and oxygen atoms in total. The van der Waals surface area contributed by atoms with Crippen LogP contribution in [0.25, 0.3) is 0 Å². The highest BCUT2D eigenvalue weighted by Crippen LogP contribution is 2.15. The first-order chi connectivity index (χ1) is 8.99. The van der Waals surface area contributed by atoms with Crippen LogP contribution in [-0.2, 0) is 11.3 Å². The van der Waals surface area contributed by atoms with Crippen molar-refractivity contribution in [3.63, 3.8) is 0 Å². The number of nitrogens with two attached hydrogens (primary N) is 1. The number of carbonyl (C=O) groups excluding carboxylic acids is 1. The van der Waals surface area contributed by atoms with E-state index in [2.05, 4.69) is 0 Å². The van der Waals surface area contributed by atoms with Crippen LogP contribution in [0, 0.1) is 5.92 Å². The highest BCUT2D eigenvalue weighted by Gasteiger charge is 2.22. The molecule has 1 aromatic carbocycles. The molecular weight excluding hydrogens is 240 g/mol. The van der Waals surface area contributed by atoms with Crippen molar-refractivity contribution in [2.75, 3.05) is 14.2 Å². The van der Waals surface area contributed by atoms with Crippen LogP contribution in [-0.4, -0.2) is 31.0 Å². The zero-order valence-corrected chi connectivity index (χ0v) is 12.2. The van der Waals surface area contributed by atoms with Crippen LogP contribution in [0.4, 0.5) is 0 Å². The van der Waals surface area contributed by atoms with E-state index >= 15 is 0 Å². The van der Waals surface area contributed by atoms with Crippen molar-refractivity contribution >= 4 is 5.91 Å². The van der Waals surface area contributed by atoms with Gasteiger partial charge in [-0.2, -0.15) is 0 Å². The molecule has 1 rings (SSSR count). The maximum atomic E-state index is 12.2. The lowest BCUT2D eigenvalue weighted by atomic mass is 9.99. The lowest BCUT2D eigenvalue weighted by Crippen LogP contribution is -2.45. The molecule has 0 fully saturated rings. The maximum absolute atomic E-state index is 12.2. The number of benzene rings is 1. The molecule has 2 N–H and O–H groups in total. The smallest absolute Gasteiger partial charge is 0.239 e. The summed E-state index contributed by atoms with van der Waals surface area (Å²) in [6.45, 7) is 4.59. The molecule has 0 bridgehead atoms. The van der Waals surface area contributed by atoms with Crippen molar-refractivity contribution in [1.29, 1.82) is 0 Å². The van der Waals surface area contributed by atoms with Crippen molar-refractivity contribution in [3.05, 3.63) is 29.8 Å². The number of carbonyl (C=O) groups is 1. The largest absolute Gasteiger partial charge is 0.497 e. The number of hydrogen-bond acceptors (Lipinski definition) is 3. The number of nitrogens with zero attached hydrogens (tertiary/aromatic N) is 1. The first-order valence-corrected chi connectivity index (χ1v) is 6.63. The van der Waals surface area contributed by atoms with Gasteiger partial charge in [-0.3, -0.25) is 4.79 Å². The van der Waals surface area contributed by atoms with Gasteiger partial charge in [-0.15, -0.1) is 0 Å². The Labute approximate surface area is 115 Å². The molecule has 4 heteroatoms. The van der Waals surface area contributed by atoms with Crippen molar-refractivity contribution < 1.29 is 9.53 Å². The van der Waals surface area contributed by atoms with E-state index < -0.39 is 6.04 Å². The SMILES string of the molecule is CCC(C)C(N)C(=O)N(C)Cc1cccc(OC)c1. The lowest BCUT2D eigenvalue weighted by Gasteiger charge is -2.24. The fourth-order valence-electron chi connectivity index (χ4n) is 1.87. The number of hydrogen-bond donors (Lipinski definition) is 1. The summed E-state index contributed by atoms with van der Waals surface area (Å²) in [5.74, 6) is 0.974. The summed E-state index contributed by atoms with van der Waals surface area (Å²) in [7, 11) is 3.41. The number of ether oxygens (including phenoxy) is 1. The molecule has 2 atom stereocenters. The van der Waals surface area contributed by atoms with Gasteiger partial charge in [0.1, 0.15) is 5.75 Å². The molecule has 0 saturated carbocycles. The Morgan fingerprint density at radius 3 is 2.74 bits per heavy atom. The molecule has 0 aliphatic rings. The third-order valence-corrected chi connectivity index (χ3v) is 3.47. The van der Waals surface area contributed by atoms with Crippen LogP contribution >= 0.6 is 0 Å². The van der Waals surface area contributed by atoms with Crippen molar-refractivity contribution in [3.8, 4) is 5.75 Å². The zero-order valence-electron chi connectivity index (χ0n) is 12.2.